The minimum atomic E-state index is 0.809. The van der Waals surface area contributed by atoms with Crippen molar-refractivity contribution in [3.05, 3.63) is 22.7 Å². The standard InChI is InChI=1S/C4H4BrCl/c1-2-4(5)3-6/h2-3H,1H2/b4-3-. The summed E-state index contributed by atoms with van der Waals surface area (Å²) in [6.07, 6.45) is 1.62. The molecule has 2 heteroatoms. The average Bonchev–Trinajstić information content (AvgIpc) is 1.65. The van der Waals surface area contributed by atoms with Crippen molar-refractivity contribution in [1.29, 1.82) is 0 Å². The molecule has 0 saturated heterocycles. The van der Waals surface area contributed by atoms with E-state index in [1.165, 1.54) is 5.54 Å². The fraction of sp³-hybridized carbons (Fsp3) is 0. The molecule has 0 aromatic rings. The molecule has 0 radical (unpaired) electrons. The molecule has 0 amide bonds. The molecular formula is C4H4BrCl. The zero-order chi connectivity index (χ0) is 4.99. The largest absolute Gasteiger partial charge is 0.0979 e. The molecule has 0 rings (SSSR count). The van der Waals surface area contributed by atoms with Gasteiger partial charge in [0.2, 0.25) is 0 Å². The van der Waals surface area contributed by atoms with E-state index in [-0.39, 0.29) is 0 Å². The van der Waals surface area contributed by atoms with E-state index in [9.17, 15) is 0 Å². The van der Waals surface area contributed by atoms with Gasteiger partial charge in [0, 0.05) is 10.0 Å². The van der Waals surface area contributed by atoms with Crippen molar-refractivity contribution in [2.24, 2.45) is 0 Å². The van der Waals surface area contributed by atoms with E-state index >= 15 is 0 Å². The van der Waals surface area contributed by atoms with Gasteiger partial charge in [0.15, 0.2) is 0 Å². The molecule has 0 aromatic carbocycles. The molecule has 0 aliphatic rings. The van der Waals surface area contributed by atoms with E-state index in [2.05, 4.69) is 22.5 Å². The third-order valence-corrected chi connectivity index (χ3v) is 1.35. The Morgan fingerprint density at radius 3 is 2.33 bits per heavy atom. The summed E-state index contributed by atoms with van der Waals surface area (Å²) in [5.74, 6) is 0. The molecule has 0 aromatic heterocycles. The Labute approximate surface area is 50.6 Å². The monoisotopic (exact) mass is 166 g/mol. The van der Waals surface area contributed by atoms with Gasteiger partial charge >= 0.3 is 0 Å². The van der Waals surface area contributed by atoms with Crippen LogP contribution in [0.1, 0.15) is 0 Å². The fourth-order valence-electron chi connectivity index (χ4n) is 0.0445. The van der Waals surface area contributed by atoms with E-state index in [1.807, 2.05) is 0 Å². The summed E-state index contributed by atoms with van der Waals surface area (Å²) in [4.78, 5) is 0. The number of rotatable bonds is 1. The van der Waals surface area contributed by atoms with E-state index in [0.29, 0.717) is 0 Å². The molecule has 0 aliphatic heterocycles. The van der Waals surface area contributed by atoms with Crippen LogP contribution in [0.5, 0.6) is 0 Å². The second-order valence-electron chi connectivity index (χ2n) is 0.698. The minimum Gasteiger partial charge on any atom is -0.0979 e. The predicted molar refractivity (Wildman–Crippen MR) is 33.1 cm³/mol. The first kappa shape index (κ1) is 6.25. The van der Waals surface area contributed by atoms with Crippen molar-refractivity contribution in [3.63, 3.8) is 0 Å². The molecule has 0 nitrogen and oxygen atoms in total. The van der Waals surface area contributed by atoms with E-state index in [1.54, 1.807) is 6.08 Å². The lowest BCUT2D eigenvalue weighted by molar-refractivity contribution is 2.05. The molecule has 0 aliphatic carbocycles. The third-order valence-electron chi connectivity index (χ3n) is 0.299. The van der Waals surface area contributed by atoms with Gasteiger partial charge in [-0.1, -0.05) is 24.3 Å². The maximum absolute atomic E-state index is 5.17. The van der Waals surface area contributed by atoms with Crippen molar-refractivity contribution in [1.82, 2.24) is 0 Å². The smallest absolute Gasteiger partial charge is 0.0282 e. The highest BCUT2D eigenvalue weighted by molar-refractivity contribution is 9.11. The van der Waals surface area contributed by atoms with Crippen molar-refractivity contribution in [2.45, 2.75) is 0 Å². The van der Waals surface area contributed by atoms with Gasteiger partial charge in [-0.05, 0) is 15.9 Å². The normalized spacial score (nSPS) is 11.3. The second kappa shape index (κ2) is 3.44. The SMILES string of the molecule is C=C/C(Br)=C/Cl. The van der Waals surface area contributed by atoms with Crippen LogP contribution in [0.25, 0.3) is 0 Å². The number of allylic oxidation sites excluding steroid dienone is 2. The zero-order valence-electron chi connectivity index (χ0n) is 3.12. The van der Waals surface area contributed by atoms with Crippen LogP contribution in [0.2, 0.25) is 0 Å². The van der Waals surface area contributed by atoms with Crippen LogP contribution in [0.4, 0.5) is 0 Å². The van der Waals surface area contributed by atoms with E-state index in [4.69, 9.17) is 11.6 Å². The summed E-state index contributed by atoms with van der Waals surface area (Å²) in [6.45, 7) is 3.43. The maximum Gasteiger partial charge on any atom is 0.0282 e. The first-order chi connectivity index (χ1) is 2.81. The molecule has 0 unspecified atom stereocenters. The quantitative estimate of drug-likeness (QED) is 0.527. The molecule has 0 heterocycles. The fourth-order valence-corrected chi connectivity index (χ4v) is 0.134. The molecule has 0 spiro atoms. The number of hydrogen-bond acceptors (Lipinski definition) is 0. The minimum absolute atomic E-state index is 0.809. The van der Waals surface area contributed by atoms with Crippen LogP contribution in [0, 0.1) is 0 Å². The van der Waals surface area contributed by atoms with Crippen molar-refractivity contribution >= 4 is 27.5 Å². The van der Waals surface area contributed by atoms with Gasteiger partial charge in [0.25, 0.3) is 0 Å². The Morgan fingerprint density at radius 2 is 2.33 bits per heavy atom. The van der Waals surface area contributed by atoms with Gasteiger partial charge in [-0.25, -0.2) is 0 Å². The number of hydrogen-bond donors (Lipinski definition) is 0. The van der Waals surface area contributed by atoms with Crippen molar-refractivity contribution < 1.29 is 0 Å². The van der Waals surface area contributed by atoms with E-state index in [0.717, 1.165) is 4.48 Å². The Bertz CT molecular complexity index is 75.6. The van der Waals surface area contributed by atoms with Crippen LogP contribution in [-0.4, -0.2) is 0 Å². The molecule has 0 bridgehead atoms. The van der Waals surface area contributed by atoms with Crippen molar-refractivity contribution in [3.8, 4) is 0 Å². The van der Waals surface area contributed by atoms with E-state index < -0.39 is 0 Å². The van der Waals surface area contributed by atoms with Crippen molar-refractivity contribution in [2.75, 3.05) is 0 Å². The van der Waals surface area contributed by atoms with Crippen LogP contribution in [0.3, 0.4) is 0 Å². The summed E-state index contributed by atoms with van der Waals surface area (Å²) in [6, 6.07) is 0. The molecule has 0 fully saturated rings. The maximum atomic E-state index is 5.17. The molecule has 0 atom stereocenters. The zero-order valence-corrected chi connectivity index (χ0v) is 5.46. The molecule has 34 valence electrons. The lowest BCUT2D eigenvalue weighted by atomic mass is 10.6. The summed E-state index contributed by atoms with van der Waals surface area (Å²) in [5.41, 5.74) is 1.41. The van der Waals surface area contributed by atoms with Crippen LogP contribution < -0.4 is 0 Å². The molecule has 6 heavy (non-hydrogen) atoms. The summed E-state index contributed by atoms with van der Waals surface area (Å²) in [7, 11) is 0. The first-order valence-electron chi connectivity index (χ1n) is 1.39. The molecule has 0 saturated carbocycles. The van der Waals surface area contributed by atoms with Crippen LogP contribution >= 0.6 is 27.5 Å². The molecule has 0 N–H and O–H groups in total. The first-order valence-corrected chi connectivity index (χ1v) is 2.62. The summed E-state index contributed by atoms with van der Waals surface area (Å²) in [5, 5.41) is 0. The average molecular weight is 167 g/mol. The Kier molecular flexibility index (Phi) is 3.58. The van der Waals surface area contributed by atoms with Gasteiger partial charge in [-0.3, -0.25) is 0 Å². The highest BCUT2D eigenvalue weighted by atomic mass is 79.9. The topological polar surface area (TPSA) is 0 Å². The highest BCUT2D eigenvalue weighted by Crippen LogP contribution is 2.04. The summed E-state index contributed by atoms with van der Waals surface area (Å²) >= 11 is 8.26. The van der Waals surface area contributed by atoms with Crippen LogP contribution in [0.15, 0.2) is 22.7 Å². The Morgan fingerprint density at radius 1 is 1.83 bits per heavy atom. The second-order valence-corrected chi connectivity index (χ2v) is 1.83. The lowest BCUT2D eigenvalue weighted by Gasteiger charge is -1.73. The Hall–Kier alpha value is 0.250. The summed E-state index contributed by atoms with van der Waals surface area (Å²) < 4.78 is 0.809. The van der Waals surface area contributed by atoms with Gasteiger partial charge in [-0.2, -0.15) is 0 Å². The van der Waals surface area contributed by atoms with Gasteiger partial charge in [0.1, 0.15) is 0 Å². The van der Waals surface area contributed by atoms with Gasteiger partial charge in [-0.15, -0.1) is 0 Å². The van der Waals surface area contributed by atoms with Gasteiger partial charge < -0.3 is 0 Å². The number of halogens is 2. The van der Waals surface area contributed by atoms with Gasteiger partial charge in [0.05, 0.1) is 0 Å². The highest BCUT2D eigenvalue weighted by Gasteiger charge is 1.71. The third kappa shape index (κ3) is 2.49. The van der Waals surface area contributed by atoms with Crippen LogP contribution in [-0.2, 0) is 0 Å². The molecular weight excluding hydrogens is 163 g/mol. The predicted octanol–water partition coefficient (Wildman–Crippen LogP) is 2.65. The lowest BCUT2D eigenvalue weighted by Crippen LogP contribution is -1.47. The Balaban J connectivity index is 3.50.